The van der Waals surface area contributed by atoms with Gasteiger partial charge in [0.05, 0.1) is 26.5 Å². The van der Waals surface area contributed by atoms with E-state index in [1.165, 1.54) is 11.3 Å². The maximum atomic E-state index is 12.8. The molecule has 0 saturated carbocycles. The zero-order valence-electron chi connectivity index (χ0n) is 17.9. The van der Waals surface area contributed by atoms with Gasteiger partial charge < -0.3 is 24.6 Å². The fourth-order valence-electron chi connectivity index (χ4n) is 3.99. The predicted molar refractivity (Wildman–Crippen MR) is 123 cm³/mol. The lowest BCUT2D eigenvalue weighted by atomic mass is 9.88. The fourth-order valence-corrected chi connectivity index (χ4v) is 5.23. The number of carbonyl (C=O) groups excluding carboxylic acids is 1. The molecule has 0 fully saturated rings. The Labute approximate surface area is 189 Å². The first-order valence-electron chi connectivity index (χ1n) is 10.1. The van der Waals surface area contributed by atoms with E-state index < -0.39 is 5.97 Å². The third kappa shape index (κ3) is 3.78. The summed E-state index contributed by atoms with van der Waals surface area (Å²) < 4.78 is 16.6. The Morgan fingerprint density at radius 3 is 2.53 bits per heavy atom. The molecule has 7 nitrogen and oxygen atoms in total. The zero-order chi connectivity index (χ0) is 22.8. The Balaban J connectivity index is 1.92. The maximum Gasteiger partial charge on any atom is 0.346 e. The summed E-state index contributed by atoms with van der Waals surface area (Å²) in [5.41, 5.74) is 2.52. The first-order chi connectivity index (χ1) is 15.5. The summed E-state index contributed by atoms with van der Waals surface area (Å²) in [6.07, 6.45) is 0.182. The van der Waals surface area contributed by atoms with E-state index >= 15 is 0 Å². The Bertz CT molecular complexity index is 1170. The molecule has 8 heteroatoms. The summed E-state index contributed by atoms with van der Waals surface area (Å²) in [5.74, 6) is 0.220. The van der Waals surface area contributed by atoms with Crippen LogP contribution in [0.2, 0.25) is 0 Å². The molecule has 1 aliphatic heterocycles. The van der Waals surface area contributed by atoms with Crippen molar-refractivity contribution in [1.82, 2.24) is 0 Å². The molecule has 4 rings (SSSR count). The van der Waals surface area contributed by atoms with Crippen LogP contribution in [0.5, 0.6) is 17.2 Å². The quantitative estimate of drug-likeness (QED) is 0.523. The van der Waals surface area contributed by atoms with E-state index in [1.54, 1.807) is 44.6 Å². The minimum atomic E-state index is -1.04. The van der Waals surface area contributed by atoms with Crippen molar-refractivity contribution in [2.24, 2.45) is 0 Å². The van der Waals surface area contributed by atoms with E-state index in [2.05, 4.69) is 5.32 Å². The summed E-state index contributed by atoms with van der Waals surface area (Å²) in [4.78, 5) is 25.9. The average molecular weight is 454 g/mol. The molecule has 1 unspecified atom stereocenters. The van der Waals surface area contributed by atoms with Crippen LogP contribution in [0.3, 0.4) is 0 Å². The van der Waals surface area contributed by atoms with Crippen LogP contribution in [0, 0.1) is 0 Å². The van der Waals surface area contributed by atoms with Gasteiger partial charge in [0.15, 0.2) is 11.5 Å². The molecule has 2 heterocycles. The third-order valence-electron chi connectivity index (χ3n) is 5.37. The first kappa shape index (κ1) is 21.7. The lowest BCUT2D eigenvalue weighted by Gasteiger charge is -2.26. The van der Waals surface area contributed by atoms with Crippen molar-refractivity contribution >= 4 is 28.9 Å². The van der Waals surface area contributed by atoms with Crippen molar-refractivity contribution in [3.63, 3.8) is 0 Å². The average Bonchev–Trinajstić information content (AvgIpc) is 3.18. The molecule has 0 radical (unpaired) electrons. The van der Waals surface area contributed by atoms with Crippen molar-refractivity contribution in [2.45, 2.75) is 19.3 Å². The van der Waals surface area contributed by atoms with Crippen LogP contribution in [0.1, 0.15) is 39.4 Å². The number of carboxylic acid groups (broad SMARTS) is 1. The van der Waals surface area contributed by atoms with Crippen LogP contribution in [-0.4, -0.2) is 37.8 Å². The molecule has 0 saturated heterocycles. The monoisotopic (exact) mass is 453 g/mol. The minimum absolute atomic E-state index is 0.174. The van der Waals surface area contributed by atoms with Crippen molar-refractivity contribution < 1.29 is 28.9 Å². The number of nitrogens with one attached hydrogen (secondary N) is 1. The lowest BCUT2D eigenvalue weighted by molar-refractivity contribution is -0.116. The number of aromatic carboxylic acids is 1. The highest BCUT2D eigenvalue weighted by Gasteiger charge is 2.36. The summed E-state index contributed by atoms with van der Waals surface area (Å²) in [7, 11) is 3.13. The molecule has 166 valence electrons. The fraction of sp³-hybridized carbons (Fsp3) is 0.250. The maximum absolute atomic E-state index is 12.8. The minimum Gasteiger partial charge on any atom is -0.497 e. The Kier molecular flexibility index (Phi) is 6.05. The van der Waals surface area contributed by atoms with E-state index in [1.807, 2.05) is 19.1 Å². The van der Waals surface area contributed by atoms with Crippen LogP contribution in [0.15, 0.2) is 42.5 Å². The normalized spacial score (nSPS) is 15.0. The molecule has 3 aromatic rings. The highest BCUT2D eigenvalue weighted by Crippen LogP contribution is 2.51. The van der Waals surface area contributed by atoms with Crippen LogP contribution in [0.25, 0.3) is 11.1 Å². The molecule has 1 atom stereocenters. The lowest BCUT2D eigenvalue weighted by Crippen LogP contribution is -2.23. The summed E-state index contributed by atoms with van der Waals surface area (Å²) in [5, 5.41) is 12.9. The molecular weight excluding hydrogens is 430 g/mol. The van der Waals surface area contributed by atoms with E-state index in [-0.39, 0.29) is 23.1 Å². The third-order valence-corrected chi connectivity index (χ3v) is 6.66. The van der Waals surface area contributed by atoms with Gasteiger partial charge in [-0.1, -0.05) is 24.3 Å². The number of carbonyl (C=O) groups is 2. The smallest absolute Gasteiger partial charge is 0.346 e. The van der Waals surface area contributed by atoms with E-state index in [4.69, 9.17) is 14.2 Å². The van der Waals surface area contributed by atoms with Gasteiger partial charge in [0.25, 0.3) is 0 Å². The summed E-state index contributed by atoms with van der Waals surface area (Å²) >= 11 is 1.18. The SMILES string of the molecule is CCOc1c(OC)cccc1C1CC(=O)Nc2c1sc(C(=O)O)c2-c1ccc(OC)cc1. The number of thiophene rings is 1. The highest BCUT2D eigenvalue weighted by molar-refractivity contribution is 7.15. The number of para-hydroxylation sites is 1. The number of hydrogen-bond donors (Lipinski definition) is 2. The van der Waals surface area contributed by atoms with Gasteiger partial charge in [0.2, 0.25) is 5.91 Å². The second-order valence-electron chi connectivity index (χ2n) is 7.20. The molecule has 2 aromatic carbocycles. The largest absolute Gasteiger partial charge is 0.497 e. The summed E-state index contributed by atoms with van der Waals surface area (Å²) in [6.45, 7) is 2.31. The number of rotatable bonds is 7. The van der Waals surface area contributed by atoms with Crippen LogP contribution < -0.4 is 19.5 Å². The standard InChI is InChI=1S/C24H23NO6S/c1-4-31-21-15(6-5-7-17(21)30-3)16-12-18(26)25-20-19(23(24(27)28)32-22(16)20)13-8-10-14(29-2)11-9-13/h5-11,16H,4,12H2,1-3H3,(H,25,26)(H,27,28). The van der Waals surface area contributed by atoms with E-state index in [9.17, 15) is 14.7 Å². The number of carboxylic acids is 1. The van der Waals surface area contributed by atoms with Crippen molar-refractivity contribution in [3.05, 3.63) is 57.8 Å². The molecular formula is C24H23NO6S. The van der Waals surface area contributed by atoms with Crippen LogP contribution in [0.4, 0.5) is 5.69 Å². The molecule has 1 amide bonds. The van der Waals surface area contributed by atoms with Gasteiger partial charge in [0, 0.05) is 28.3 Å². The molecule has 0 aliphatic carbocycles. The van der Waals surface area contributed by atoms with Crippen molar-refractivity contribution in [3.8, 4) is 28.4 Å². The number of benzene rings is 2. The van der Waals surface area contributed by atoms with Gasteiger partial charge in [-0.3, -0.25) is 4.79 Å². The van der Waals surface area contributed by atoms with Gasteiger partial charge in [0.1, 0.15) is 10.6 Å². The van der Waals surface area contributed by atoms with E-state index in [0.29, 0.717) is 40.7 Å². The van der Waals surface area contributed by atoms with E-state index in [0.717, 1.165) is 10.4 Å². The zero-order valence-corrected chi connectivity index (χ0v) is 18.7. The number of anilines is 1. The Morgan fingerprint density at radius 1 is 1.16 bits per heavy atom. The van der Waals surface area contributed by atoms with Crippen molar-refractivity contribution in [2.75, 3.05) is 26.1 Å². The van der Waals surface area contributed by atoms with Gasteiger partial charge >= 0.3 is 5.97 Å². The Hall–Kier alpha value is -3.52. The predicted octanol–water partition coefficient (Wildman–Crippen LogP) is 5.00. The van der Waals surface area contributed by atoms with Crippen LogP contribution in [-0.2, 0) is 4.79 Å². The first-order valence-corrected chi connectivity index (χ1v) is 10.9. The second-order valence-corrected chi connectivity index (χ2v) is 8.25. The molecule has 32 heavy (non-hydrogen) atoms. The van der Waals surface area contributed by atoms with Gasteiger partial charge in [-0.2, -0.15) is 0 Å². The second kappa shape index (κ2) is 8.92. The molecule has 1 aliphatic rings. The number of hydrogen-bond acceptors (Lipinski definition) is 6. The number of ether oxygens (including phenoxy) is 3. The molecule has 1 aromatic heterocycles. The number of methoxy groups -OCH3 is 2. The highest BCUT2D eigenvalue weighted by atomic mass is 32.1. The molecule has 0 spiro atoms. The summed E-state index contributed by atoms with van der Waals surface area (Å²) in [6, 6.07) is 12.7. The topological polar surface area (TPSA) is 94.1 Å². The van der Waals surface area contributed by atoms with Crippen molar-refractivity contribution in [1.29, 1.82) is 0 Å². The van der Waals surface area contributed by atoms with Crippen LogP contribution >= 0.6 is 11.3 Å². The number of fused-ring (bicyclic) bond motifs is 1. The van der Waals surface area contributed by atoms with Gasteiger partial charge in [-0.25, -0.2) is 4.79 Å². The molecule has 0 bridgehead atoms. The Morgan fingerprint density at radius 2 is 1.91 bits per heavy atom. The molecule has 2 N–H and O–H groups in total. The van der Waals surface area contributed by atoms with Gasteiger partial charge in [-0.05, 0) is 30.7 Å². The number of amides is 1. The van der Waals surface area contributed by atoms with Gasteiger partial charge in [-0.15, -0.1) is 11.3 Å².